The van der Waals surface area contributed by atoms with Crippen LogP contribution in [0.3, 0.4) is 0 Å². The largest absolute Gasteiger partial charge is 0.378 e. The molecule has 0 saturated carbocycles. The summed E-state index contributed by atoms with van der Waals surface area (Å²) in [4.78, 5) is 20.3. The van der Waals surface area contributed by atoms with E-state index in [1.807, 2.05) is 13.0 Å². The molecule has 3 rings (SSSR count). The molecule has 0 aromatic carbocycles. The summed E-state index contributed by atoms with van der Waals surface area (Å²) in [6, 6.07) is 4.22. The molecule has 0 spiro atoms. The van der Waals surface area contributed by atoms with Crippen molar-refractivity contribution in [3.63, 3.8) is 0 Å². The second kappa shape index (κ2) is 10.5. The topological polar surface area (TPSA) is 48.6 Å². The van der Waals surface area contributed by atoms with Crippen LogP contribution in [0, 0.1) is 5.92 Å². The summed E-state index contributed by atoms with van der Waals surface area (Å²) in [5.74, 6) is 1.62. The zero-order valence-corrected chi connectivity index (χ0v) is 17.9. The monoisotopic (exact) mass is 397 g/mol. The van der Waals surface area contributed by atoms with Gasteiger partial charge in [-0.3, -0.25) is 4.79 Å². The lowest BCUT2D eigenvalue weighted by Gasteiger charge is -2.34. The molecule has 0 amide bonds. The standard InChI is InChI=1S/C24H35N3O2/c1-4-7-20(8-5-2)16-22-15-19(3)9-6-10-27(22)23-17-21(18-24(28)25-23)26-11-13-29-14-12-26/h4-5,7-8,17-19,22H,1,6,9-16H2,2-3H3,(H,25,28)/b8-5-,20-7+/t19-,22-/m1/s1. The number of anilines is 2. The van der Waals surface area contributed by atoms with Crippen molar-refractivity contribution in [2.75, 3.05) is 42.6 Å². The molecule has 0 aliphatic carbocycles. The summed E-state index contributed by atoms with van der Waals surface area (Å²) in [6.45, 7) is 12.3. The Kier molecular flexibility index (Phi) is 7.76. The fourth-order valence-corrected chi connectivity index (χ4v) is 4.52. The van der Waals surface area contributed by atoms with Gasteiger partial charge in [0.25, 0.3) is 5.56 Å². The van der Waals surface area contributed by atoms with Crippen LogP contribution >= 0.6 is 0 Å². The Labute approximate surface area is 174 Å². The van der Waals surface area contributed by atoms with Crippen molar-refractivity contribution in [1.29, 1.82) is 0 Å². The Morgan fingerprint density at radius 3 is 2.83 bits per heavy atom. The molecule has 1 N–H and O–H groups in total. The molecule has 29 heavy (non-hydrogen) atoms. The van der Waals surface area contributed by atoms with E-state index in [1.165, 1.54) is 12.0 Å². The molecule has 0 radical (unpaired) electrons. The van der Waals surface area contributed by atoms with Gasteiger partial charge in [-0.25, -0.2) is 0 Å². The van der Waals surface area contributed by atoms with Crippen molar-refractivity contribution in [1.82, 2.24) is 4.98 Å². The molecule has 0 unspecified atom stereocenters. The SMILES string of the molecule is C=C/C=C(\C=C/C)C[C@H]1C[C@H](C)CCCN1c1cc(N2CCOCC2)cc(=O)[nH]1. The van der Waals surface area contributed by atoms with E-state index < -0.39 is 0 Å². The lowest BCUT2D eigenvalue weighted by atomic mass is 9.94. The molecular weight excluding hydrogens is 362 g/mol. The first kappa shape index (κ1) is 21.4. The second-order valence-electron chi connectivity index (χ2n) is 8.20. The predicted octanol–water partition coefficient (Wildman–Crippen LogP) is 4.29. The Hall–Kier alpha value is -2.27. The minimum atomic E-state index is -0.0321. The summed E-state index contributed by atoms with van der Waals surface area (Å²) in [5.41, 5.74) is 2.24. The molecule has 2 aliphatic rings. The van der Waals surface area contributed by atoms with E-state index >= 15 is 0 Å². The van der Waals surface area contributed by atoms with E-state index in [0.29, 0.717) is 25.2 Å². The number of pyridine rings is 1. The minimum absolute atomic E-state index is 0.0321. The highest BCUT2D eigenvalue weighted by atomic mass is 16.5. The molecule has 5 heteroatoms. The predicted molar refractivity (Wildman–Crippen MR) is 122 cm³/mol. The van der Waals surface area contributed by atoms with Gasteiger partial charge in [-0.15, -0.1) is 0 Å². The summed E-state index contributed by atoms with van der Waals surface area (Å²) in [6.07, 6.45) is 12.7. The number of H-pyrrole nitrogens is 1. The Balaban J connectivity index is 1.92. The lowest BCUT2D eigenvalue weighted by molar-refractivity contribution is 0.122. The Morgan fingerprint density at radius 1 is 1.31 bits per heavy atom. The van der Waals surface area contributed by atoms with Gasteiger partial charge >= 0.3 is 0 Å². The maximum Gasteiger partial charge on any atom is 0.251 e. The number of nitrogens with zero attached hydrogens (tertiary/aromatic N) is 2. The second-order valence-corrected chi connectivity index (χ2v) is 8.20. The van der Waals surface area contributed by atoms with Gasteiger partial charge < -0.3 is 19.5 Å². The molecule has 2 aliphatic heterocycles. The zero-order chi connectivity index (χ0) is 20.6. The van der Waals surface area contributed by atoms with Crippen LogP contribution in [0.5, 0.6) is 0 Å². The summed E-state index contributed by atoms with van der Waals surface area (Å²) in [5, 5.41) is 0. The fourth-order valence-electron chi connectivity index (χ4n) is 4.52. The highest BCUT2D eigenvalue weighted by Crippen LogP contribution is 2.31. The smallest absolute Gasteiger partial charge is 0.251 e. The van der Waals surface area contributed by atoms with Crippen LogP contribution in [0.2, 0.25) is 0 Å². The van der Waals surface area contributed by atoms with Gasteiger partial charge in [0.2, 0.25) is 0 Å². The molecule has 2 fully saturated rings. The Morgan fingerprint density at radius 2 is 2.10 bits per heavy atom. The van der Waals surface area contributed by atoms with Gasteiger partial charge in [-0.05, 0) is 44.1 Å². The molecule has 3 heterocycles. The van der Waals surface area contributed by atoms with Crippen molar-refractivity contribution < 1.29 is 4.74 Å². The normalized spacial score (nSPS) is 24.0. The van der Waals surface area contributed by atoms with Gasteiger partial charge in [-0.1, -0.05) is 37.8 Å². The van der Waals surface area contributed by atoms with Crippen LogP contribution in [0.1, 0.15) is 39.5 Å². The fraction of sp³-hybridized carbons (Fsp3) is 0.542. The number of hydrogen-bond acceptors (Lipinski definition) is 4. The number of rotatable bonds is 6. The number of hydrogen-bond donors (Lipinski definition) is 1. The summed E-state index contributed by atoms with van der Waals surface area (Å²) >= 11 is 0. The van der Waals surface area contributed by atoms with Gasteiger partial charge in [0.1, 0.15) is 5.82 Å². The van der Waals surface area contributed by atoms with Gasteiger partial charge in [0.05, 0.1) is 13.2 Å². The highest BCUT2D eigenvalue weighted by molar-refractivity contribution is 5.56. The average molecular weight is 398 g/mol. The Bertz CT molecular complexity index is 790. The van der Waals surface area contributed by atoms with Crippen LogP contribution < -0.4 is 15.4 Å². The molecule has 1 aromatic heterocycles. The van der Waals surface area contributed by atoms with Crippen molar-refractivity contribution in [3.8, 4) is 0 Å². The van der Waals surface area contributed by atoms with Crippen molar-refractivity contribution in [3.05, 3.63) is 58.9 Å². The van der Waals surface area contributed by atoms with Crippen molar-refractivity contribution in [2.45, 2.75) is 45.6 Å². The van der Waals surface area contributed by atoms with Crippen LogP contribution in [0.15, 0.2) is 53.4 Å². The molecule has 158 valence electrons. The molecule has 2 saturated heterocycles. The minimum Gasteiger partial charge on any atom is -0.378 e. The third kappa shape index (κ3) is 5.86. The number of nitrogens with one attached hydrogen (secondary N) is 1. The third-order valence-corrected chi connectivity index (χ3v) is 5.90. The lowest BCUT2D eigenvalue weighted by Crippen LogP contribution is -2.39. The first-order chi connectivity index (χ1) is 14.1. The number of aromatic nitrogens is 1. The van der Waals surface area contributed by atoms with Gasteiger partial charge in [0.15, 0.2) is 0 Å². The van der Waals surface area contributed by atoms with Gasteiger partial charge in [-0.2, -0.15) is 0 Å². The van der Waals surface area contributed by atoms with Crippen LogP contribution in [0.4, 0.5) is 11.5 Å². The molecule has 2 atom stereocenters. The molecule has 5 nitrogen and oxygen atoms in total. The quantitative estimate of drug-likeness (QED) is 0.728. The van der Waals surface area contributed by atoms with E-state index in [-0.39, 0.29) is 5.56 Å². The van der Waals surface area contributed by atoms with E-state index in [2.05, 4.69) is 52.6 Å². The summed E-state index contributed by atoms with van der Waals surface area (Å²) in [7, 11) is 0. The number of morpholine rings is 1. The first-order valence-corrected chi connectivity index (χ1v) is 10.9. The van der Waals surface area contributed by atoms with Crippen molar-refractivity contribution in [2.24, 2.45) is 5.92 Å². The van der Waals surface area contributed by atoms with Gasteiger partial charge in [0, 0.05) is 43.5 Å². The maximum absolute atomic E-state index is 12.5. The van der Waals surface area contributed by atoms with Crippen molar-refractivity contribution >= 4 is 11.5 Å². The van der Waals surface area contributed by atoms with E-state index in [0.717, 1.165) is 50.4 Å². The first-order valence-electron chi connectivity index (χ1n) is 10.9. The van der Waals surface area contributed by atoms with E-state index in [9.17, 15) is 4.79 Å². The molecular formula is C24H35N3O2. The van der Waals surface area contributed by atoms with E-state index in [4.69, 9.17) is 4.74 Å². The highest BCUT2D eigenvalue weighted by Gasteiger charge is 2.26. The maximum atomic E-state index is 12.5. The number of aromatic amines is 1. The zero-order valence-electron chi connectivity index (χ0n) is 17.9. The van der Waals surface area contributed by atoms with Crippen LogP contribution in [-0.4, -0.2) is 43.9 Å². The van der Waals surface area contributed by atoms with E-state index in [1.54, 1.807) is 6.07 Å². The molecule has 1 aromatic rings. The van der Waals surface area contributed by atoms with Crippen LogP contribution in [-0.2, 0) is 4.74 Å². The number of allylic oxidation sites excluding steroid dienone is 4. The third-order valence-electron chi connectivity index (χ3n) is 5.90. The summed E-state index contributed by atoms with van der Waals surface area (Å²) < 4.78 is 5.47. The van der Waals surface area contributed by atoms with Crippen LogP contribution in [0.25, 0.3) is 0 Å². The molecule has 0 bridgehead atoms. The number of ether oxygens (including phenoxy) is 1. The average Bonchev–Trinajstić information content (AvgIpc) is 2.89.